The van der Waals surface area contributed by atoms with Gasteiger partial charge in [0.05, 0.1) is 18.9 Å². The molecule has 0 aromatic carbocycles. The van der Waals surface area contributed by atoms with Crippen LogP contribution >= 0.6 is 0 Å². The molecular formula is C16H25N3O. The molecule has 0 bridgehead atoms. The van der Waals surface area contributed by atoms with Crippen LogP contribution in [0.5, 0.6) is 0 Å². The highest BCUT2D eigenvalue weighted by atomic mass is 16.5. The molecule has 1 aromatic rings. The summed E-state index contributed by atoms with van der Waals surface area (Å²) in [6, 6.07) is 5.68. The number of rotatable bonds is 6. The van der Waals surface area contributed by atoms with Crippen molar-refractivity contribution in [2.75, 3.05) is 19.8 Å². The van der Waals surface area contributed by atoms with E-state index in [-0.39, 0.29) is 0 Å². The zero-order chi connectivity index (χ0) is 13.8. The second-order valence-electron chi connectivity index (χ2n) is 5.92. The molecule has 0 radical (unpaired) electrons. The summed E-state index contributed by atoms with van der Waals surface area (Å²) in [5.74, 6) is 0. The van der Waals surface area contributed by atoms with Gasteiger partial charge in [0.25, 0.3) is 0 Å². The first-order valence-corrected chi connectivity index (χ1v) is 7.84. The molecule has 1 aliphatic heterocycles. The molecule has 2 aliphatic rings. The summed E-state index contributed by atoms with van der Waals surface area (Å²) < 4.78 is 5.55. The molecule has 1 saturated carbocycles. The highest BCUT2D eigenvalue weighted by molar-refractivity contribution is 5.14. The van der Waals surface area contributed by atoms with E-state index in [4.69, 9.17) is 4.74 Å². The van der Waals surface area contributed by atoms with E-state index in [0.29, 0.717) is 6.04 Å². The van der Waals surface area contributed by atoms with Crippen molar-refractivity contribution < 1.29 is 4.74 Å². The average Bonchev–Trinajstić information content (AvgIpc) is 3.31. The van der Waals surface area contributed by atoms with Crippen LogP contribution in [0, 0.1) is 0 Å². The maximum Gasteiger partial charge on any atom is 0.0622 e. The fourth-order valence-corrected chi connectivity index (χ4v) is 2.68. The van der Waals surface area contributed by atoms with E-state index in [0.717, 1.165) is 45.3 Å². The molecule has 1 atom stereocenters. The van der Waals surface area contributed by atoms with Crippen LogP contribution in [0.3, 0.4) is 0 Å². The number of pyridine rings is 1. The molecule has 0 amide bonds. The van der Waals surface area contributed by atoms with E-state index in [2.05, 4.69) is 34.3 Å². The zero-order valence-electron chi connectivity index (χ0n) is 12.3. The maximum atomic E-state index is 5.55. The maximum absolute atomic E-state index is 5.55. The molecule has 4 heteroatoms. The summed E-state index contributed by atoms with van der Waals surface area (Å²) in [5.41, 5.74) is 2.45. The first-order chi connectivity index (χ1) is 9.85. The highest BCUT2D eigenvalue weighted by Gasteiger charge is 2.22. The molecule has 1 aliphatic carbocycles. The fraction of sp³-hybridized carbons (Fsp3) is 0.688. The van der Waals surface area contributed by atoms with Gasteiger partial charge in [0, 0.05) is 37.9 Å². The Bertz CT molecular complexity index is 416. The monoisotopic (exact) mass is 275 g/mol. The molecule has 1 saturated heterocycles. The molecule has 3 rings (SSSR count). The number of hydrogen-bond donors (Lipinski definition) is 1. The summed E-state index contributed by atoms with van der Waals surface area (Å²) in [7, 11) is 0. The minimum absolute atomic E-state index is 0.543. The minimum Gasteiger partial charge on any atom is -0.378 e. The molecule has 110 valence electrons. The van der Waals surface area contributed by atoms with Gasteiger partial charge in [-0.1, -0.05) is 13.0 Å². The first kappa shape index (κ1) is 14.0. The first-order valence-electron chi connectivity index (χ1n) is 7.84. The smallest absolute Gasteiger partial charge is 0.0622 e. The van der Waals surface area contributed by atoms with Gasteiger partial charge < -0.3 is 10.1 Å². The van der Waals surface area contributed by atoms with E-state index >= 15 is 0 Å². The van der Waals surface area contributed by atoms with Crippen LogP contribution in [-0.2, 0) is 17.8 Å². The topological polar surface area (TPSA) is 37.4 Å². The van der Waals surface area contributed by atoms with Gasteiger partial charge in [-0.3, -0.25) is 9.88 Å². The Balaban J connectivity index is 1.53. The van der Waals surface area contributed by atoms with E-state index < -0.39 is 0 Å². The highest BCUT2D eigenvalue weighted by Crippen LogP contribution is 2.19. The lowest BCUT2D eigenvalue weighted by atomic mass is 10.1. The van der Waals surface area contributed by atoms with Gasteiger partial charge in [0.1, 0.15) is 0 Å². The van der Waals surface area contributed by atoms with Crippen molar-refractivity contribution in [3.05, 3.63) is 29.6 Å². The Morgan fingerprint density at radius 1 is 1.40 bits per heavy atom. The van der Waals surface area contributed by atoms with Crippen LogP contribution in [0.2, 0.25) is 0 Å². The third-order valence-corrected chi connectivity index (χ3v) is 4.24. The predicted octanol–water partition coefficient (Wildman–Crippen LogP) is 1.94. The fourth-order valence-electron chi connectivity index (χ4n) is 2.68. The Labute approximate surface area is 121 Å². The van der Waals surface area contributed by atoms with Crippen molar-refractivity contribution in [1.82, 2.24) is 15.2 Å². The molecule has 2 fully saturated rings. The van der Waals surface area contributed by atoms with Crippen LogP contribution in [0.4, 0.5) is 0 Å². The zero-order valence-corrected chi connectivity index (χ0v) is 12.3. The van der Waals surface area contributed by atoms with E-state index in [9.17, 15) is 0 Å². The second kappa shape index (κ2) is 6.66. The molecule has 4 nitrogen and oxygen atoms in total. The molecular weight excluding hydrogens is 250 g/mol. The number of aromatic nitrogens is 1. The third-order valence-electron chi connectivity index (χ3n) is 4.24. The number of ether oxygens (including phenoxy) is 1. The van der Waals surface area contributed by atoms with Crippen LogP contribution < -0.4 is 5.32 Å². The third kappa shape index (κ3) is 3.78. The van der Waals surface area contributed by atoms with Crippen LogP contribution in [0.25, 0.3) is 0 Å². The number of nitrogens with zero attached hydrogens (tertiary/aromatic N) is 2. The minimum atomic E-state index is 0.543. The lowest BCUT2D eigenvalue weighted by molar-refractivity contribution is -0.0132. The van der Waals surface area contributed by atoms with Gasteiger partial charge >= 0.3 is 0 Å². The van der Waals surface area contributed by atoms with Crippen molar-refractivity contribution in [3.63, 3.8) is 0 Å². The lowest BCUT2D eigenvalue weighted by Crippen LogP contribution is -2.44. The molecule has 20 heavy (non-hydrogen) atoms. The normalized spacial score (nSPS) is 23.9. The largest absolute Gasteiger partial charge is 0.378 e. The van der Waals surface area contributed by atoms with Gasteiger partial charge in [0.15, 0.2) is 0 Å². The Morgan fingerprint density at radius 3 is 3.00 bits per heavy atom. The van der Waals surface area contributed by atoms with Gasteiger partial charge in [-0.25, -0.2) is 0 Å². The quantitative estimate of drug-likeness (QED) is 0.861. The average molecular weight is 275 g/mol. The van der Waals surface area contributed by atoms with Gasteiger partial charge in [-0.2, -0.15) is 0 Å². The second-order valence-corrected chi connectivity index (χ2v) is 5.92. The van der Waals surface area contributed by atoms with Gasteiger partial charge in [-0.15, -0.1) is 0 Å². The van der Waals surface area contributed by atoms with Crippen molar-refractivity contribution in [2.45, 2.75) is 51.4 Å². The number of morpholine rings is 1. The van der Waals surface area contributed by atoms with Gasteiger partial charge in [-0.05, 0) is 30.9 Å². The van der Waals surface area contributed by atoms with Crippen LogP contribution in [0.1, 0.15) is 37.4 Å². The molecule has 1 N–H and O–H groups in total. The SMILES string of the molecule is CCC1COCCN1Cc1ccc(CNC2CC2)cn1. The lowest BCUT2D eigenvalue weighted by Gasteiger charge is -2.34. The molecule has 2 heterocycles. The Kier molecular flexibility index (Phi) is 4.65. The summed E-state index contributed by atoms with van der Waals surface area (Å²) in [4.78, 5) is 7.11. The predicted molar refractivity (Wildman–Crippen MR) is 79.4 cm³/mol. The van der Waals surface area contributed by atoms with E-state index in [1.165, 1.54) is 24.1 Å². The molecule has 1 unspecified atom stereocenters. The van der Waals surface area contributed by atoms with E-state index in [1.807, 2.05) is 6.20 Å². The summed E-state index contributed by atoms with van der Waals surface area (Å²) in [6.07, 6.45) is 5.83. The summed E-state index contributed by atoms with van der Waals surface area (Å²) >= 11 is 0. The van der Waals surface area contributed by atoms with Crippen molar-refractivity contribution in [3.8, 4) is 0 Å². The van der Waals surface area contributed by atoms with E-state index in [1.54, 1.807) is 0 Å². The van der Waals surface area contributed by atoms with Crippen molar-refractivity contribution in [2.24, 2.45) is 0 Å². The summed E-state index contributed by atoms with van der Waals surface area (Å²) in [6.45, 7) is 6.85. The number of hydrogen-bond acceptors (Lipinski definition) is 4. The van der Waals surface area contributed by atoms with Crippen molar-refractivity contribution >= 4 is 0 Å². The van der Waals surface area contributed by atoms with Crippen LogP contribution in [0.15, 0.2) is 18.3 Å². The Morgan fingerprint density at radius 2 is 2.30 bits per heavy atom. The molecule has 1 aromatic heterocycles. The van der Waals surface area contributed by atoms with Crippen molar-refractivity contribution in [1.29, 1.82) is 0 Å². The number of nitrogens with one attached hydrogen (secondary N) is 1. The van der Waals surface area contributed by atoms with Gasteiger partial charge in [0.2, 0.25) is 0 Å². The standard InChI is InChI=1S/C16H25N3O/c1-2-16-12-20-8-7-19(16)11-15-4-3-13(10-18-15)9-17-14-5-6-14/h3-4,10,14,16-17H,2,5-9,11-12H2,1H3. The summed E-state index contributed by atoms with van der Waals surface area (Å²) in [5, 5.41) is 3.52. The molecule has 0 spiro atoms. The Hall–Kier alpha value is -0.970. The van der Waals surface area contributed by atoms with Crippen LogP contribution in [-0.4, -0.2) is 41.7 Å².